The van der Waals surface area contributed by atoms with Crippen LogP contribution < -0.4 is 19.5 Å². The van der Waals surface area contributed by atoms with Crippen molar-refractivity contribution >= 4 is 21.8 Å². The third-order valence-corrected chi connectivity index (χ3v) is 3.68. The van der Waals surface area contributed by atoms with Crippen molar-refractivity contribution in [3.05, 3.63) is 52.5 Å². The maximum Gasteiger partial charge on any atom is 0.252 e. The molecular formula is C19H18BrNO4. The van der Waals surface area contributed by atoms with Gasteiger partial charge in [-0.2, -0.15) is 0 Å². The number of methoxy groups -OCH3 is 2. The molecule has 0 spiro atoms. The van der Waals surface area contributed by atoms with E-state index >= 15 is 0 Å². The van der Waals surface area contributed by atoms with Crippen molar-refractivity contribution in [2.24, 2.45) is 0 Å². The van der Waals surface area contributed by atoms with Crippen LogP contribution in [-0.4, -0.2) is 33.3 Å². The van der Waals surface area contributed by atoms with E-state index in [4.69, 9.17) is 14.2 Å². The molecule has 1 amide bonds. The molecule has 0 saturated heterocycles. The van der Waals surface area contributed by atoms with Crippen LogP contribution in [0.4, 0.5) is 0 Å². The fourth-order valence-corrected chi connectivity index (χ4v) is 2.33. The summed E-state index contributed by atoms with van der Waals surface area (Å²) >= 11 is 3.37. The SMILES string of the molecule is COc1cc(OC)cc(C(=O)NCC#CCOc2cccc(Br)c2)c1. The second-order valence-corrected chi connectivity index (χ2v) is 5.80. The van der Waals surface area contributed by atoms with Crippen LogP contribution in [0.25, 0.3) is 0 Å². The number of hydrogen-bond acceptors (Lipinski definition) is 4. The molecule has 5 nitrogen and oxygen atoms in total. The van der Waals surface area contributed by atoms with Gasteiger partial charge in [-0.25, -0.2) is 0 Å². The molecule has 2 aromatic rings. The average Bonchev–Trinajstić information content (AvgIpc) is 2.63. The Balaban J connectivity index is 1.83. The van der Waals surface area contributed by atoms with Gasteiger partial charge in [0.25, 0.3) is 5.91 Å². The van der Waals surface area contributed by atoms with Gasteiger partial charge in [0, 0.05) is 16.1 Å². The standard InChI is InChI=1S/C19H18BrNO4/c1-23-17-10-14(11-18(13-17)24-2)19(22)21-8-3-4-9-25-16-7-5-6-15(20)12-16/h5-7,10-13H,8-9H2,1-2H3,(H,21,22). The Labute approximate surface area is 155 Å². The molecule has 0 aromatic heterocycles. The van der Waals surface area contributed by atoms with Crippen molar-refractivity contribution in [3.8, 4) is 29.1 Å². The lowest BCUT2D eigenvalue weighted by atomic mass is 10.2. The van der Waals surface area contributed by atoms with E-state index in [1.54, 1.807) is 18.2 Å². The van der Waals surface area contributed by atoms with Crippen LogP contribution in [-0.2, 0) is 0 Å². The first-order valence-corrected chi connectivity index (χ1v) is 8.27. The lowest BCUT2D eigenvalue weighted by Gasteiger charge is -2.08. The van der Waals surface area contributed by atoms with Crippen LogP contribution in [0.3, 0.4) is 0 Å². The van der Waals surface area contributed by atoms with Crippen molar-refractivity contribution < 1.29 is 19.0 Å². The normalized spacial score (nSPS) is 9.56. The molecule has 0 aliphatic rings. The molecule has 0 fully saturated rings. The quantitative estimate of drug-likeness (QED) is 0.751. The van der Waals surface area contributed by atoms with Gasteiger partial charge >= 0.3 is 0 Å². The van der Waals surface area contributed by atoms with E-state index < -0.39 is 0 Å². The third-order valence-electron chi connectivity index (χ3n) is 3.18. The Morgan fingerprint density at radius 2 is 1.76 bits per heavy atom. The Morgan fingerprint density at radius 1 is 1.04 bits per heavy atom. The fourth-order valence-electron chi connectivity index (χ4n) is 1.95. The van der Waals surface area contributed by atoms with E-state index in [9.17, 15) is 4.79 Å². The summed E-state index contributed by atoms with van der Waals surface area (Å²) in [5, 5.41) is 2.72. The molecule has 130 valence electrons. The van der Waals surface area contributed by atoms with Gasteiger partial charge in [0.15, 0.2) is 0 Å². The van der Waals surface area contributed by atoms with Gasteiger partial charge in [0.2, 0.25) is 0 Å². The summed E-state index contributed by atoms with van der Waals surface area (Å²) in [6, 6.07) is 12.5. The first-order chi connectivity index (χ1) is 12.1. The summed E-state index contributed by atoms with van der Waals surface area (Å²) in [5.41, 5.74) is 0.448. The number of carbonyl (C=O) groups is 1. The number of nitrogens with one attached hydrogen (secondary N) is 1. The zero-order chi connectivity index (χ0) is 18.1. The predicted molar refractivity (Wildman–Crippen MR) is 99.3 cm³/mol. The van der Waals surface area contributed by atoms with Gasteiger partial charge in [-0.1, -0.05) is 33.8 Å². The maximum absolute atomic E-state index is 12.1. The van der Waals surface area contributed by atoms with E-state index in [-0.39, 0.29) is 19.1 Å². The highest BCUT2D eigenvalue weighted by Gasteiger charge is 2.08. The monoisotopic (exact) mass is 403 g/mol. The van der Waals surface area contributed by atoms with Crippen molar-refractivity contribution in [2.45, 2.75) is 0 Å². The number of rotatable bonds is 6. The molecule has 0 heterocycles. The number of amides is 1. The Bertz CT molecular complexity index is 773. The van der Waals surface area contributed by atoms with Crippen molar-refractivity contribution in [1.29, 1.82) is 0 Å². The molecule has 0 radical (unpaired) electrons. The van der Waals surface area contributed by atoms with Crippen LogP contribution in [0, 0.1) is 11.8 Å². The molecule has 0 bridgehead atoms. The van der Waals surface area contributed by atoms with Crippen LogP contribution in [0.2, 0.25) is 0 Å². The van der Waals surface area contributed by atoms with E-state index in [1.807, 2.05) is 24.3 Å². The summed E-state index contributed by atoms with van der Waals surface area (Å²) in [4.78, 5) is 12.1. The molecule has 0 atom stereocenters. The lowest BCUT2D eigenvalue weighted by Crippen LogP contribution is -2.23. The van der Waals surface area contributed by atoms with Crippen molar-refractivity contribution in [3.63, 3.8) is 0 Å². The highest BCUT2D eigenvalue weighted by atomic mass is 79.9. The lowest BCUT2D eigenvalue weighted by molar-refractivity contribution is 0.0958. The summed E-state index contributed by atoms with van der Waals surface area (Å²) in [6.07, 6.45) is 0. The highest BCUT2D eigenvalue weighted by molar-refractivity contribution is 9.10. The minimum atomic E-state index is -0.251. The molecule has 1 N–H and O–H groups in total. The molecule has 0 aliphatic carbocycles. The molecular weight excluding hydrogens is 386 g/mol. The first-order valence-electron chi connectivity index (χ1n) is 7.47. The predicted octanol–water partition coefficient (Wildman–Crippen LogP) is 3.28. The Hall–Kier alpha value is -2.65. The largest absolute Gasteiger partial charge is 0.497 e. The number of benzene rings is 2. The highest BCUT2D eigenvalue weighted by Crippen LogP contribution is 2.22. The van der Waals surface area contributed by atoms with Crippen molar-refractivity contribution in [2.75, 3.05) is 27.4 Å². The van der Waals surface area contributed by atoms with Gasteiger partial charge in [-0.15, -0.1) is 0 Å². The zero-order valence-corrected chi connectivity index (χ0v) is 15.6. The van der Waals surface area contributed by atoms with Crippen molar-refractivity contribution in [1.82, 2.24) is 5.32 Å². The van der Waals surface area contributed by atoms with Crippen LogP contribution >= 0.6 is 15.9 Å². The Morgan fingerprint density at radius 3 is 2.40 bits per heavy atom. The summed E-state index contributed by atoms with van der Waals surface area (Å²) in [5.74, 6) is 7.29. The van der Waals surface area contributed by atoms with E-state index in [0.29, 0.717) is 17.1 Å². The molecule has 25 heavy (non-hydrogen) atoms. The summed E-state index contributed by atoms with van der Waals surface area (Å²) < 4.78 is 16.7. The van der Waals surface area contributed by atoms with E-state index in [1.165, 1.54) is 14.2 Å². The molecule has 0 aliphatic heterocycles. The molecule has 6 heteroatoms. The minimum absolute atomic E-state index is 0.222. The van der Waals surface area contributed by atoms with Gasteiger partial charge in [0.05, 0.1) is 20.8 Å². The molecule has 0 saturated carbocycles. The Kier molecular flexibility index (Phi) is 7.17. The average molecular weight is 404 g/mol. The number of halogens is 1. The smallest absolute Gasteiger partial charge is 0.252 e. The van der Waals surface area contributed by atoms with Gasteiger partial charge in [-0.05, 0) is 30.3 Å². The summed E-state index contributed by atoms with van der Waals surface area (Å²) in [6.45, 7) is 0.472. The van der Waals surface area contributed by atoms with Crippen LogP contribution in [0.5, 0.6) is 17.2 Å². The number of ether oxygens (including phenoxy) is 3. The number of hydrogen-bond donors (Lipinski definition) is 1. The summed E-state index contributed by atoms with van der Waals surface area (Å²) in [7, 11) is 3.07. The topological polar surface area (TPSA) is 56.8 Å². The fraction of sp³-hybridized carbons (Fsp3) is 0.211. The second-order valence-electron chi connectivity index (χ2n) is 4.88. The van der Waals surface area contributed by atoms with E-state index in [0.717, 1.165) is 10.2 Å². The van der Waals surface area contributed by atoms with Gasteiger partial charge in [0.1, 0.15) is 23.9 Å². The van der Waals surface area contributed by atoms with Crippen LogP contribution in [0.1, 0.15) is 10.4 Å². The van der Waals surface area contributed by atoms with Gasteiger partial charge < -0.3 is 19.5 Å². The molecule has 2 aromatic carbocycles. The molecule has 0 unspecified atom stereocenters. The molecule has 2 rings (SSSR count). The second kappa shape index (κ2) is 9.60. The number of carbonyl (C=O) groups excluding carboxylic acids is 1. The maximum atomic E-state index is 12.1. The first kappa shape index (κ1) is 18.7. The van der Waals surface area contributed by atoms with Gasteiger partial charge in [-0.3, -0.25) is 4.79 Å². The van der Waals surface area contributed by atoms with Crippen LogP contribution in [0.15, 0.2) is 46.9 Å². The van der Waals surface area contributed by atoms with E-state index in [2.05, 4.69) is 33.1 Å². The minimum Gasteiger partial charge on any atom is -0.497 e. The third kappa shape index (κ3) is 6.05. The zero-order valence-electron chi connectivity index (χ0n) is 14.0.